The second kappa shape index (κ2) is 7.63. The number of nitrogens with zero attached hydrogens (tertiary/aromatic N) is 3. The van der Waals surface area contributed by atoms with Crippen molar-refractivity contribution in [3.63, 3.8) is 0 Å². The van der Waals surface area contributed by atoms with Crippen LogP contribution in [0.2, 0.25) is 0 Å². The van der Waals surface area contributed by atoms with E-state index in [2.05, 4.69) is 10.4 Å². The normalized spacial score (nSPS) is 17.6. The fraction of sp³-hybridized carbons (Fsp3) is 0.444. The fourth-order valence-corrected chi connectivity index (χ4v) is 3.11. The van der Waals surface area contributed by atoms with Crippen molar-refractivity contribution in [2.75, 3.05) is 19.6 Å². The van der Waals surface area contributed by atoms with Gasteiger partial charge in [0.15, 0.2) is 11.6 Å². The SMILES string of the molecule is Cc1cnn([C@H]2CCCN(C(=O)NCCc3ccc(F)c(F)c3)C2)c1. The van der Waals surface area contributed by atoms with Crippen molar-refractivity contribution in [3.05, 3.63) is 53.4 Å². The fourth-order valence-electron chi connectivity index (χ4n) is 3.11. The van der Waals surface area contributed by atoms with Crippen molar-refractivity contribution in [2.45, 2.75) is 32.2 Å². The van der Waals surface area contributed by atoms with E-state index in [1.54, 1.807) is 4.90 Å². The summed E-state index contributed by atoms with van der Waals surface area (Å²) in [4.78, 5) is 14.1. The Bertz CT molecular complexity index is 746. The number of carbonyl (C=O) groups excluding carboxylic acids is 1. The van der Waals surface area contributed by atoms with Gasteiger partial charge >= 0.3 is 6.03 Å². The zero-order valence-corrected chi connectivity index (χ0v) is 14.2. The maximum atomic E-state index is 13.2. The molecule has 1 atom stereocenters. The maximum Gasteiger partial charge on any atom is 0.317 e. The summed E-state index contributed by atoms with van der Waals surface area (Å²) in [5, 5.41) is 7.20. The molecule has 0 aliphatic carbocycles. The second-order valence-electron chi connectivity index (χ2n) is 6.47. The Morgan fingerprint density at radius 3 is 2.92 bits per heavy atom. The molecule has 3 rings (SSSR count). The summed E-state index contributed by atoms with van der Waals surface area (Å²) in [6.45, 7) is 3.72. The van der Waals surface area contributed by atoms with Gasteiger partial charge in [-0.25, -0.2) is 13.6 Å². The zero-order valence-electron chi connectivity index (χ0n) is 14.2. The van der Waals surface area contributed by atoms with E-state index < -0.39 is 11.6 Å². The lowest BCUT2D eigenvalue weighted by Crippen LogP contribution is -2.46. The smallest absolute Gasteiger partial charge is 0.317 e. The standard InChI is InChI=1S/C18H22F2N4O/c1-13-10-22-24(11-13)15-3-2-8-23(12-15)18(25)21-7-6-14-4-5-16(19)17(20)9-14/h4-5,9-11,15H,2-3,6-8,12H2,1H3,(H,21,25)/t15-/m0/s1. The predicted molar refractivity (Wildman–Crippen MR) is 90.3 cm³/mol. The van der Waals surface area contributed by atoms with Crippen LogP contribution in [0.1, 0.15) is 30.0 Å². The van der Waals surface area contributed by atoms with Gasteiger partial charge in [0.05, 0.1) is 12.2 Å². The lowest BCUT2D eigenvalue weighted by atomic mass is 10.1. The number of amides is 2. The van der Waals surface area contributed by atoms with Crippen molar-refractivity contribution in [1.82, 2.24) is 20.0 Å². The Labute approximate surface area is 145 Å². The first-order valence-corrected chi connectivity index (χ1v) is 8.50. The van der Waals surface area contributed by atoms with Gasteiger partial charge in [-0.2, -0.15) is 5.10 Å². The molecule has 1 saturated heterocycles. The molecular formula is C18H22F2N4O. The minimum Gasteiger partial charge on any atom is -0.338 e. The summed E-state index contributed by atoms with van der Waals surface area (Å²) < 4.78 is 28.0. The number of aryl methyl sites for hydroxylation is 1. The van der Waals surface area contributed by atoms with Crippen LogP contribution in [-0.2, 0) is 6.42 Å². The Morgan fingerprint density at radius 2 is 2.20 bits per heavy atom. The lowest BCUT2D eigenvalue weighted by Gasteiger charge is -2.32. The number of hydrogen-bond acceptors (Lipinski definition) is 2. The molecular weight excluding hydrogens is 326 g/mol. The molecule has 1 N–H and O–H groups in total. The minimum atomic E-state index is -0.864. The molecule has 0 spiro atoms. The number of carbonyl (C=O) groups is 1. The van der Waals surface area contributed by atoms with E-state index in [0.29, 0.717) is 31.6 Å². The van der Waals surface area contributed by atoms with E-state index in [-0.39, 0.29) is 12.1 Å². The van der Waals surface area contributed by atoms with E-state index in [9.17, 15) is 13.6 Å². The van der Waals surface area contributed by atoms with Crippen molar-refractivity contribution >= 4 is 6.03 Å². The van der Waals surface area contributed by atoms with Crippen LogP contribution >= 0.6 is 0 Å². The quantitative estimate of drug-likeness (QED) is 0.923. The summed E-state index contributed by atoms with van der Waals surface area (Å²) >= 11 is 0. The number of aromatic nitrogens is 2. The number of hydrogen-bond donors (Lipinski definition) is 1. The van der Waals surface area contributed by atoms with Crippen LogP contribution in [0.3, 0.4) is 0 Å². The third kappa shape index (κ3) is 4.35. The molecule has 1 fully saturated rings. The molecule has 134 valence electrons. The summed E-state index contributed by atoms with van der Waals surface area (Å²) in [5.41, 5.74) is 1.76. The van der Waals surface area contributed by atoms with Gasteiger partial charge < -0.3 is 10.2 Å². The molecule has 1 aromatic carbocycles. The van der Waals surface area contributed by atoms with Gasteiger partial charge in [0.1, 0.15) is 0 Å². The van der Waals surface area contributed by atoms with E-state index in [0.717, 1.165) is 24.5 Å². The minimum absolute atomic E-state index is 0.129. The van der Waals surface area contributed by atoms with Crippen LogP contribution in [0.15, 0.2) is 30.6 Å². The summed E-state index contributed by atoms with van der Waals surface area (Å²) in [6, 6.07) is 3.86. The summed E-state index contributed by atoms with van der Waals surface area (Å²) in [5.74, 6) is -1.72. The van der Waals surface area contributed by atoms with Gasteiger partial charge in [-0.1, -0.05) is 6.07 Å². The predicted octanol–water partition coefficient (Wildman–Crippen LogP) is 3.06. The van der Waals surface area contributed by atoms with Crippen molar-refractivity contribution in [1.29, 1.82) is 0 Å². The second-order valence-corrected chi connectivity index (χ2v) is 6.47. The van der Waals surface area contributed by atoms with Crippen LogP contribution in [0.25, 0.3) is 0 Å². The van der Waals surface area contributed by atoms with Gasteiger partial charge in [0.2, 0.25) is 0 Å². The Balaban J connectivity index is 1.49. The van der Waals surface area contributed by atoms with Crippen LogP contribution in [0.4, 0.5) is 13.6 Å². The largest absolute Gasteiger partial charge is 0.338 e. The lowest BCUT2D eigenvalue weighted by molar-refractivity contribution is 0.163. The third-order valence-electron chi connectivity index (χ3n) is 4.46. The highest BCUT2D eigenvalue weighted by Gasteiger charge is 2.24. The summed E-state index contributed by atoms with van der Waals surface area (Å²) in [7, 11) is 0. The number of nitrogens with one attached hydrogen (secondary N) is 1. The average Bonchev–Trinajstić information content (AvgIpc) is 3.04. The van der Waals surface area contributed by atoms with Crippen molar-refractivity contribution < 1.29 is 13.6 Å². The van der Waals surface area contributed by atoms with Crippen LogP contribution < -0.4 is 5.32 Å². The Kier molecular flexibility index (Phi) is 5.31. The molecule has 2 heterocycles. The van der Waals surface area contributed by atoms with E-state index in [1.165, 1.54) is 12.1 Å². The number of likely N-dealkylation sites (tertiary alicyclic amines) is 1. The highest BCUT2D eigenvalue weighted by atomic mass is 19.2. The molecule has 0 unspecified atom stereocenters. The van der Waals surface area contributed by atoms with Gasteiger partial charge in [-0.3, -0.25) is 4.68 Å². The molecule has 2 aromatic rings. The molecule has 5 nitrogen and oxygen atoms in total. The number of piperidine rings is 1. The maximum absolute atomic E-state index is 13.2. The molecule has 1 aliphatic heterocycles. The van der Waals surface area contributed by atoms with Crippen LogP contribution in [0.5, 0.6) is 0 Å². The van der Waals surface area contributed by atoms with Gasteiger partial charge in [-0.05, 0) is 49.4 Å². The Hall–Kier alpha value is -2.44. The number of rotatable bonds is 4. The molecule has 0 radical (unpaired) electrons. The summed E-state index contributed by atoms with van der Waals surface area (Å²) in [6.07, 6.45) is 6.20. The highest BCUT2D eigenvalue weighted by Crippen LogP contribution is 2.21. The first-order valence-electron chi connectivity index (χ1n) is 8.50. The first-order chi connectivity index (χ1) is 12.0. The van der Waals surface area contributed by atoms with Gasteiger partial charge in [0.25, 0.3) is 0 Å². The monoisotopic (exact) mass is 348 g/mol. The van der Waals surface area contributed by atoms with Crippen molar-refractivity contribution in [3.8, 4) is 0 Å². The number of benzene rings is 1. The molecule has 2 amide bonds. The number of urea groups is 1. The highest BCUT2D eigenvalue weighted by molar-refractivity contribution is 5.74. The van der Waals surface area contributed by atoms with Crippen LogP contribution in [0, 0.1) is 18.6 Å². The molecule has 0 bridgehead atoms. The van der Waals surface area contributed by atoms with Gasteiger partial charge in [0, 0.05) is 25.8 Å². The average molecular weight is 348 g/mol. The van der Waals surface area contributed by atoms with E-state index in [4.69, 9.17) is 0 Å². The van der Waals surface area contributed by atoms with Crippen molar-refractivity contribution in [2.24, 2.45) is 0 Å². The molecule has 0 saturated carbocycles. The van der Waals surface area contributed by atoms with E-state index in [1.807, 2.05) is 24.0 Å². The van der Waals surface area contributed by atoms with Crippen LogP contribution in [-0.4, -0.2) is 40.3 Å². The number of halogens is 2. The first kappa shape index (κ1) is 17.4. The molecule has 25 heavy (non-hydrogen) atoms. The molecule has 1 aliphatic rings. The Morgan fingerprint density at radius 1 is 1.36 bits per heavy atom. The van der Waals surface area contributed by atoms with E-state index >= 15 is 0 Å². The zero-order chi connectivity index (χ0) is 17.8. The molecule has 7 heteroatoms. The third-order valence-corrected chi connectivity index (χ3v) is 4.46. The topological polar surface area (TPSA) is 50.2 Å². The van der Waals surface area contributed by atoms with Gasteiger partial charge in [-0.15, -0.1) is 0 Å². The molecule has 1 aromatic heterocycles.